The van der Waals surface area contributed by atoms with Crippen molar-refractivity contribution in [1.82, 2.24) is 5.32 Å². The predicted octanol–water partition coefficient (Wildman–Crippen LogP) is 4.96. The minimum absolute atomic E-state index is 0.185. The third kappa shape index (κ3) is 4.10. The van der Waals surface area contributed by atoms with Crippen molar-refractivity contribution < 1.29 is 18.0 Å². The molecule has 0 radical (unpaired) electrons. The summed E-state index contributed by atoms with van der Waals surface area (Å²) < 4.78 is 37.6. The van der Waals surface area contributed by atoms with Gasteiger partial charge in [0.15, 0.2) is 0 Å². The normalized spacial score (nSPS) is 12.3. The third-order valence-electron chi connectivity index (χ3n) is 2.86. The number of nitrogens with one attached hydrogen (secondary N) is 1. The second kappa shape index (κ2) is 5.76. The van der Waals surface area contributed by atoms with E-state index < -0.39 is 11.7 Å². The zero-order chi connectivity index (χ0) is 16.5. The first-order chi connectivity index (χ1) is 10.1. The lowest BCUT2D eigenvalue weighted by atomic mass is 10.1. The maximum Gasteiger partial charge on any atom is 0.416 e. The van der Waals surface area contributed by atoms with Crippen molar-refractivity contribution in [2.45, 2.75) is 32.5 Å². The number of alkyl halides is 3. The fraction of sp³-hybridized carbons (Fsp3) is 0.312. The lowest BCUT2D eigenvalue weighted by molar-refractivity contribution is -0.137. The quantitative estimate of drug-likeness (QED) is 0.829. The summed E-state index contributed by atoms with van der Waals surface area (Å²) in [6, 6.07) is 6.60. The van der Waals surface area contributed by atoms with Gasteiger partial charge in [-0.15, -0.1) is 11.3 Å². The highest BCUT2D eigenvalue weighted by atomic mass is 32.1. The first kappa shape index (κ1) is 16.5. The average molecular weight is 327 g/mol. The van der Waals surface area contributed by atoms with Crippen molar-refractivity contribution >= 4 is 17.2 Å². The summed E-state index contributed by atoms with van der Waals surface area (Å²) in [6.45, 7) is 5.65. The largest absolute Gasteiger partial charge is 0.416 e. The Labute approximate surface area is 131 Å². The van der Waals surface area contributed by atoms with Crippen LogP contribution in [0.2, 0.25) is 0 Å². The van der Waals surface area contributed by atoms with Gasteiger partial charge >= 0.3 is 6.18 Å². The Balaban J connectivity index is 2.20. The molecule has 0 unspecified atom stereocenters. The first-order valence-electron chi connectivity index (χ1n) is 6.65. The lowest BCUT2D eigenvalue weighted by Crippen LogP contribution is -2.40. The molecule has 0 fully saturated rings. The summed E-state index contributed by atoms with van der Waals surface area (Å²) in [6.07, 6.45) is -4.34. The molecule has 0 saturated carbocycles. The van der Waals surface area contributed by atoms with E-state index in [-0.39, 0.29) is 11.4 Å². The van der Waals surface area contributed by atoms with Crippen LogP contribution in [-0.2, 0) is 6.18 Å². The molecule has 2 aromatic rings. The van der Waals surface area contributed by atoms with Gasteiger partial charge in [0.05, 0.1) is 10.4 Å². The van der Waals surface area contributed by atoms with E-state index in [1.54, 1.807) is 11.4 Å². The molecule has 0 aliphatic carbocycles. The Morgan fingerprint density at radius 3 is 2.14 bits per heavy atom. The molecular formula is C16H16F3NOS. The number of hydrogen-bond acceptors (Lipinski definition) is 2. The van der Waals surface area contributed by atoms with Gasteiger partial charge in [0.1, 0.15) is 0 Å². The van der Waals surface area contributed by atoms with Gasteiger partial charge in [0, 0.05) is 5.54 Å². The summed E-state index contributed by atoms with van der Waals surface area (Å²) in [4.78, 5) is 12.6. The number of carbonyl (C=O) groups is 1. The van der Waals surface area contributed by atoms with Crippen molar-refractivity contribution in [3.63, 3.8) is 0 Å². The van der Waals surface area contributed by atoms with Crippen LogP contribution in [0.5, 0.6) is 0 Å². The van der Waals surface area contributed by atoms with E-state index in [1.807, 2.05) is 20.8 Å². The van der Waals surface area contributed by atoms with Crippen LogP contribution in [-0.4, -0.2) is 11.4 Å². The molecule has 0 saturated heterocycles. The zero-order valence-electron chi connectivity index (χ0n) is 12.4. The summed E-state index contributed by atoms with van der Waals surface area (Å²) in [5, 5.41) is 4.62. The van der Waals surface area contributed by atoms with Crippen LogP contribution in [0.1, 0.15) is 36.0 Å². The number of thiophene rings is 1. The highest BCUT2D eigenvalue weighted by Gasteiger charge is 2.30. The summed E-state index contributed by atoms with van der Waals surface area (Å²) >= 11 is 1.27. The maximum absolute atomic E-state index is 12.5. The smallest absolute Gasteiger partial charge is 0.347 e. The van der Waals surface area contributed by atoms with Gasteiger partial charge in [-0.1, -0.05) is 12.1 Å². The van der Waals surface area contributed by atoms with Crippen molar-refractivity contribution in [2.24, 2.45) is 0 Å². The van der Waals surface area contributed by atoms with Crippen molar-refractivity contribution in [2.75, 3.05) is 0 Å². The molecule has 2 rings (SSSR count). The number of halogens is 3. The molecule has 22 heavy (non-hydrogen) atoms. The third-order valence-corrected chi connectivity index (χ3v) is 3.79. The lowest BCUT2D eigenvalue weighted by Gasteiger charge is -2.19. The van der Waals surface area contributed by atoms with E-state index in [0.29, 0.717) is 10.4 Å². The Hall–Kier alpha value is -1.82. The Morgan fingerprint density at radius 1 is 1.05 bits per heavy atom. The van der Waals surface area contributed by atoms with Gasteiger partial charge in [0.25, 0.3) is 5.91 Å². The van der Waals surface area contributed by atoms with Crippen LogP contribution < -0.4 is 5.32 Å². The molecular weight excluding hydrogens is 311 g/mol. The number of hydrogen-bond donors (Lipinski definition) is 1. The topological polar surface area (TPSA) is 29.1 Å². The van der Waals surface area contributed by atoms with Crippen molar-refractivity contribution in [3.8, 4) is 11.1 Å². The Kier molecular flexibility index (Phi) is 4.33. The van der Waals surface area contributed by atoms with Gasteiger partial charge < -0.3 is 5.32 Å². The Bertz CT molecular complexity index is 666. The molecule has 118 valence electrons. The van der Waals surface area contributed by atoms with E-state index in [4.69, 9.17) is 0 Å². The second-order valence-electron chi connectivity index (χ2n) is 5.98. The number of carbonyl (C=O) groups excluding carboxylic acids is 1. The van der Waals surface area contributed by atoms with Crippen LogP contribution in [0.3, 0.4) is 0 Å². The molecule has 0 aliphatic rings. The molecule has 2 nitrogen and oxygen atoms in total. The average Bonchev–Trinajstić information content (AvgIpc) is 2.85. The fourth-order valence-electron chi connectivity index (χ4n) is 1.86. The molecule has 6 heteroatoms. The van der Waals surface area contributed by atoms with Crippen molar-refractivity contribution in [1.29, 1.82) is 0 Å². The van der Waals surface area contributed by atoms with E-state index in [0.717, 1.165) is 17.7 Å². The van der Waals surface area contributed by atoms with Gasteiger partial charge in [-0.25, -0.2) is 0 Å². The van der Waals surface area contributed by atoms with Gasteiger partial charge in [-0.05, 0) is 55.5 Å². The van der Waals surface area contributed by atoms with Crippen LogP contribution in [0.15, 0.2) is 35.7 Å². The van der Waals surface area contributed by atoms with Gasteiger partial charge in [0.2, 0.25) is 0 Å². The molecule has 0 bridgehead atoms. The van der Waals surface area contributed by atoms with Crippen LogP contribution in [0.25, 0.3) is 11.1 Å². The maximum atomic E-state index is 12.5. The van der Waals surface area contributed by atoms with Crippen LogP contribution in [0.4, 0.5) is 13.2 Å². The zero-order valence-corrected chi connectivity index (χ0v) is 13.2. The minimum Gasteiger partial charge on any atom is -0.347 e. The molecule has 0 spiro atoms. The molecule has 1 N–H and O–H groups in total. The second-order valence-corrected chi connectivity index (χ2v) is 6.89. The SMILES string of the molecule is CC(C)(C)NC(=O)c1cc(-c2ccc(C(F)(F)F)cc2)cs1. The number of rotatable bonds is 2. The highest BCUT2D eigenvalue weighted by Crippen LogP contribution is 2.32. The standard InChI is InChI=1S/C16H16F3NOS/c1-15(2,3)20-14(21)13-8-11(9-22-13)10-4-6-12(7-5-10)16(17,18)19/h4-9H,1-3H3,(H,20,21). The van der Waals surface area contributed by atoms with Gasteiger partial charge in [-0.3, -0.25) is 4.79 Å². The molecule has 1 aromatic carbocycles. The van der Waals surface area contributed by atoms with Crippen LogP contribution >= 0.6 is 11.3 Å². The number of benzene rings is 1. The molecule has 0 atom stereocenters. The molecule has 1 amide bonds. The fourth-order valence-corrected chi connectivity index (χ4v) is 2.67. The molecule has 1 aromatic heterocycles. The summed E-state index contributed by atoms with van der Waals surface area (Å²) in [5.41, 5.74) is 0.365. The van der Waals surface area contributed by atoms with E-state index >= 15 is 0 Å². The summed E-state index contributed by atoms with van der Waals surface area (Å²) in [5.74, 6) is -0.185. The number of amides is 1. The first-order valence-corrected chi connectivity index (χ1v) is 7.53. The monoisotopic (exact) mass is 327 g/mol. The van der Waals surface area contributed by atoms with Crippen molar-refractivity contribution in [3.05, 3.63) is 46.2 Å². The highest BCUT2D eigenvalue weighted by molar-refractivity contribution is 7.12. The van der Waals surface area contributed by atoms with E-state index in [1.165, 1.54) is 23.5 Å². The predicted molar refractivity (Wildman–Crippen MR) is 82.0 cm³/mol. The minimum atomic E-state index is -4.34. The molecule has 0 aliphatic heterocycles. The molecule has 1 heterocycles. The van der Waals surface area contributed by atoms with E-state index in [9.17, 15) is 18.0 Å². The van der Waals surface area contributed by atoms with E-state index in [2.05, 4.69) is 5.32 Å². The van der Waals surface area contributed by atoms with Crippen LogP contribution in [0, 0.1) is 0 Å². The van der Waals surface area contributed by atoms with Gasteiger partial charge in [-0.2, -0.15) is 13.2 Å². The Morgan fingerprint density at radius 2 is 1.64 bits per heavy atom. The summed E-state index contributed by atoms with van der Waals surface area (Å²) in [7, 11) is 0.